The van der Waals surface area contributed by atoms with Gasteiger partial charge in [-0.3, -0.25) is 0 Å². The molecule has 0 saturated heterocycles. The van der Waals surface area contributed by atoms with Gasteiger partial charge >= 0.3 is 0 Å². The third-order valence-electron chi connectivity index (χ3n) is 8.58. The van der Waals surface area contributed by atoms with Gasteiger partial charge in [-0.05, 0) is 61.4 Å². The molecule has 40 heavy (non-hydrogen) atoms. The number of halogens is 2. The highest BCUT2D eigenvalue weighted by atomic mass is 32.2. The van der Waals surface area contributed by atoms with Crippen molar-refractivity contribution in [2.45, 2.75) is 47.9 Å². The molecule has 5 nitrogen and oxygen atoms in total. The van der Waals surface area contributed by atoms with E-state index in [4.69, 9.17) is 14.7 Å². The quantitative estimate of drug-likeness (QED) is 0.229. The lowest BCUT2D eigenvalue weighted by molar-refractivity contribution is 0.157. The minimum Gasteiger partial charge on any atom is -0.455 e. The maximum Gasteiger partial charge on any atom is 0.164 e. The summed E-state index contributed by atoms with van der Waals surface area (Å²) in [5, 5.41) is 4.14. The van der Waals surface area contributed by atoms with Crippen molar-refractivity contribution in [3.8, 4) is 34.1 Å². The lowest BCUT2D eigenvalue weighted by Gasteiger charge is -2.42. The fraction of sp³-hybridized carbons (Fsp3) is 0.250. The van der Waals surface area contributed by atoms with Crippen LogP contribution in [0, 0.1) is 23.5 Å². The second-order valence-corrected chi connectivity index (χ2v) is 12.1. The molecule has 3 aromatic carbocycles. The smallest absolute Gasteiger partial charge is 0.164 e. The van der Waals surface area contributed by atoms with Crippen LogP contribution < -0.4 is 10.1 Å². The molecular weight excluding hydrogens is 526 g/mol. The number of nitrogens with zero attached hydrogens (tertiary/aromatic N) is 2. The van der Waals surface area contributed by atoms with Crippen LogP contribution in [-0.2, 0) is 0 Å². The van der Waals surface area contributed by atoms with Gasteiger partial charge in [0.25, 0.3) is 0 Å². The second kappa shape index (κ2) is 9.34. The number of aromatic amines is 1. The SMILES string of the molecule is Fc1cc(F)c2[nH]cc(-c3nc(N[C@@H]4CC5CCC4CC5)cc(-c4ccc5c(c4)Oc4ccccc4S5)n3)c2c1. The van der Waals surface area contributed by atoms with Crippen molar-refractivity contribution in [3.63, 3.8) is 0 Å². The van der Waals surface area contributed by atoms with E-state index in [0.717, 1.165) is 56.8 Å². The highest BCUT2D eigenvalue weighted by Gasteiger charge is 2.35. The summed E-state index contributed by atoms with van der Waals surface area (Å²) in [5.74, 6) is 2.87. The fourth-order valence-electron chi connectivity index (χ4n) is 6.56. The number of benzene rings is 3. The Kier molecular flexibility index (Phi) is 5.59. The van der Waals surface area contributed by atoms with Gasteiger partial charge in [-0.15, -0.1) is 0 Å². The van der Waals surface area contributed by atoms with Crippen molar-refractivity contribution in [1.82, 2.24) is 15.0 Å². The molecule has 0 radical (unpaired) electrons. The largest absolute Gasteiger partial charge is 0.455 e. The Morgan fingerprint density at radius 1 is 0.900 bits per heavy atom. The first kappa shape index (κ1) is 23.9. The van der Waals surface area contributed by atoms with E-state index >= 15 is 0 Å². The molecule has 2 bridgehead atoms. The number of H-pyrrole nitrogens is 1. The van der Waals surface area contributed by atoms with E-state index < -0.39 is 11.6 Å². The minimum absolute atomic E-state index is 0.238. The van der Waals surface area contributed by atoms with Crippen molar-refractivity contribution in [3.05, 3.63) is 78.5 Å². The van der Waals surface area contributed by atoms with Crippen molar-refractivity contribution >= 4 is 28.5 Å². The summed E-state index contributed by atoms with van der Waals surface area (Å²) in [7, 11) is 0. The Hall–Kier alpha value is -3.91. The molecule has 5 aromatic rings. The molecule has 3 aliphatic carbocycles. The van der Waals surface area contributed by atoms with Crippen LogP contribution in [0.15, 0.2) is 76.7 Å². The highest BCUT2D eigenvalue weighted by Crippen LogP contribution is 2.48. The topological polar surface area (TPSA) is 62.8 Å². The van der Waals surface area contributed by atoms with Gasteiger partial charge in [0.2, 0.25) is 0 Å². The highest BCUT2D eigenvalue weighted by molar-refractivity contribution is 7.99. The van der Waals surface area contributed by atoms with Crippen LogP contribution in [0.4, 0.5) is 14.6 Å². The summed E-state index contributed by atoms with van der Waals surface area (Å²) in [6.07, 6.45) is 7.91. The number of nitrogens with one attached hydrogen (secondary N) is 2. The normalized spacial score (nSPS) is 21.1. The molecule has 1 atom stereocenters. The third-order valence-corrected chi connectivity index (χ3v) is 9.70. The van der Waals surface area contributed by atoms with Gasteiger partial charge in [0, 0.05) is 40.9 Å². The molecule has 3 heterocycles. The van der Waals surface area contributed by atoms with Crippen LogP contribution in [0.3, 0.4) is 0 Å². The average Bonchev–Trinajstić information content (AvgIpc) is 3.40. The number of aromatic nitrogens is 3. The number of fused-ring (bicyclic) bond motifs is 6. The van der Waals surface area contributed by atoms with Crippen LogP contribution in [0.25, 0.3) is 33.5 Å². The number of rotatable bonds is 4. The summed E-state index contributed by atoms with van der Waals surface area (Å²) >= 11 is 1.68. The summed E-state index contributed by atoms with van der Waals surface area (Å²) in [6, 6.07) is 18.6. The molecule has 3 saturated carbocycles. The average molecular weight is 553 g/mol. The van der Waals surface area contributed by atoms with Gasteiger partial charge in [-0.1, -0.05) is 42.8 Å². The molecule has 2 aromatic heterocycles. The molecule has 3 fully saturated rings. The molecule has 8 heteroatoms. The zero-order chi connectivity index (χ0) is 26.8. The molecular formula is C32H26F2N4OS. The molecule has 200 valence electrons. The maximum absolute atomic E-state index is 14.5. The maximum atomic E-state index is 14.5. The van der Waals surface area contributed by atoms with E-state index in [0.29, 0.717) is 28.7 Å². The first-order chi connectivity index (χ1) is 19.6. The molecule has 0 amide bonds. The van der Waals surface area contributed by atoms with E-state index in [9.17, 15) is 8.78 Å². The van der Waals surface area contributed by atoms with Gasteiger partial charge in [0.15, 0.2) is 5.82 Å². The van der Waals surface area contributed by atoms with E-state index in [1.807, 2.05) is 36.4 Å². The van der Waals surface area contributed by atoms with E-state index in [2.05, 4.69) is 22.4 Å². The number of hydrogen-bond acceptors (Lipinski definition) is 5. The van der Waals surface area contributed by atoms with Crippen LogP contribution in [-0.4, -0.2) is 21.0 Å². The Balaban J connectivity index is 1.23. The summed E-state index contributed by atoms with van der Waals surface area (Å²) in [6.45, 7) is 0. The first-order valence-corrected chi connectivity index (χ1v) is 14.6. The Labute approximate surface area is 234 Å². The van der Waals surface area contributed by atoms with Gasteiger partial charge in [0.1, 0.15) is 29.0 Å². The summed E-state index contributed by atoms with van der Waals surface area (Å²) < 4.78 is 35.0. The lowest BCUT2D eigenvalue weighted by Crippen LogP contribution is -2.40. The van der Waals surface area contributed by atoms with Crippen LogP contribution in [0.1, 0.15) is 32.1 Å². The Bertz CT molecular complexity index is 1780. The number of para-hydroxylation sites is 1. The Morgan fingerprint density at radius 2 is 1.75 bits per heavy atom. The van der Waals surface area contributed by atoms with Gasteiger partial charge in [0.05, 0.1) is 21.0 Å². The number of anilines is 1. The predicted molar refractivity (Wildman–Crippen MR) is 153 cm³/mol. The molecule has 9 rings (SSSR count). The number of hydrogen-bond donors (Lipinski definition) is 2. The zero-order valence-electron chi connectivity index (χ0n) is 21.6. The van der Waals surface area contributed by atoms with E-state index in [-0.39, 0.29) is 5.52 Å². The fourth-order valence-corrected chi connectivity index (χ4v) is 7.49. The van der Waals surface area contributed by atoms with Gasteiger partial charge in [-0.25, -0.2) is 18.7 Å². The van der Waals surface area contributed by atoms with Crippen LogP contribution in [0.2, 0.25) is 0 Å². The number of ether oxygens (including phenoxy) is 1. The van der Waals surface area contributed by atoms with Crippen molar-refractivity contribution in [2.24, 2.45) is 11.8 Å². The lowest BCUT2D eigenvalue weighted by atomic mass is 9.68. The summed E-state index contributed by atoms with van der Waals surface area (Å²) in [5.41, 5.74) is 2.40. The first-order valence-electron chi connectivity index (χ1n) is 13.8. The molecule has 4 aliphatic rings. The van der Waals surface area contributed by atoms with E-state index in [1.54, 1.807) is 18.0 Å². The molecule has 0 unspecified atom stereocenters. The standard InChI is InChI=1S/C32H26F2N4OS/c33-20-13-21-22(16-35-31(21)23(34)14-20)32-37-25(15-30(38-32)36-24-11-17-5-7-18(24)8-6-17)19-9-10-29-27(12-19)39-26-3-1-2-4-28(26)40-29/h1-4,9-10,12-18,24,35H,5-8,11H2,(H,36,37,38)/t17?,18?,24-/m1/s1. The minimum atomic E-state index is -0.640. The predicted octanol–water partition coefficient (Wildman–Crippen LogP) is 8.82. The van der Waals surface area contributed by atoms with Crippen molar-refractivity contribution < 1.29 is 13.5 Å². The van der Waals surface area contributed by atoms with Crippen LogP contribution in [0.5, 0.6) is 11.5 Å². The van der Waals surface area contributed by atoms with Gasteiger partial charge in [-0.2, -0.15) is 0 Å². The van der Waals surface area contributed by atoms with Crippen molar-refractivity contribution in [1.29, 1.82) is 0 Å². The van der Waals surface area contributed by atoms with Gasteiger partial charge < -0.3 is 15.0 Å². The summed E-state index contributed by atoms with van der Waals surface area (Å²) in [4.78, 5) is 14.9. The monoisotopic (exact) mass is 552 g/mol. The molecule has 0 spiro atoms. The molecule has 2 N–H and O–H groups in total. The van der Waals surface area contributed by atoms with Crippen LogP contribution >= 0.6 is 11.8 Å². The molecule has 1 aliphatic heterocycles. The van der Waals surface area contributed by atoms with Crippen molar-refractivity contribution in [2.75, 3.05) is 5.32 Å². The zero-order valence-corrected chi connectivity index (χ0v) is 22.4. The second-order valence-electron chi connectivity index (χ2n) is 11.1. The Morgan fingerprint density at radius 3 is 2.60 bits per heavy atom. The third kappa shape index (κ3) is 4.13. The van der Waals surface area contributed by atoms with E-state index in [1.165, 1.54) is 31.7 Å².